The van der Waals surface area contributed by atoms with Crippen molar-refractivity contribution in [3.63, 3.8) is 0 Å². The molecule has 1 aliphatic rings. The normalized spacial score (nSPS) is 17.9. The molecule has 0 amide bonds. The lowest BCUT2D eigenvalue weighted by atomic mass is 9.98. The van der Waals surface area contributed by atoms with Gasteiger partial charge in [0.25, 0.3) is 0 Å². The van der Waals surface area contributed by atoms with Gasteiger partial charge in [0.2, 0.25) is 0 Å². The van der Waals surface area contributed by atoms with Gasteiger partial charge in [-0.2, -0.15) is 0 Å². The number of aromatic nitrogens is 1. The number of thiophene rings is 1. The molecule has 2 N–H and O–H groups in total. The quantitative estimate of drug-likeness (QED) is 0.755. The Morgan fingerprint density at radius 2 is 2.14 bits per heavy atom. The highest BCUT2D eigenvalue weighted by atomic mass is 32.1. The third kappa shape index (κ3) is 2.06. The number of hydrogen-bond acceptors (Lipinski definition) is 3. The highest BCUT2D eigenvalue weighted by molar-refractivity contribution is 7.12. The molecule has 1 aromatic carbocycles. The first kappa shape index (κ1) is 12.9. The number of hydrogen-bond donors (Lipinski definition) is 2. The van der Waals surface area contributed by atoms with E-state index in [4.69, 9.17) is 4.74 Å². The van der Waals surface area contributed by atoms with Crippen molar-refractivity contribution < 1.29 is 4.74 Å². The van der Waals surface area contributed by atoms with Gasteiger partial charge in [-0.05, 0) is 49.2 Å². The van der Waals surface area contributed by atoms with E-state index in [2.05, 4.69) is 41.5 Å². The largest absolute Gasteiger partial charge is 0.497 e. The molecule has 108 valence electrons. The summed E-state index contributed by atoms with van der Waals surface area (Å²) < 4.78 is 5.37. The Morgan fingerprint density at radius 1 is 1.24 bits per heavy atom. The lowest BCUT2D eigenvalue weighted by Gasteiger charge is -2.23. The number of methoxy groups -OCH3 is 1. The molecular formula is C17H18N2OS. The molecule has 4 heteroatoms. The average molecular weight is 298 g/mol. The number of fused-ring (bicyclic) bond motifs is 3. The minimum absolute atomic E-state index is 0.283. The van der Waals surface area contributed by atoms with Crippen molar-refractivity contribution in [3.8, 4) is 5.75 Å². The molecule has 0 radical (unpaired) electrons. The van der Waals surface area contributed by atoms with Crippen LogP contribution in [0.5, 0.6) is 5.75 Å². The Labute approximate surface area is 128 Å². The maximum absolute atomic E-state index is 5.37. The van der Waals surface area contributed by atoms with Crippen molar-refractivity contribution in [2.24, 2.45) is 0 Å². The van der Waals surface area contributed by atoms with Crippen LogP contribution in [0.3, 0.4) is 0 Å². The Morgan fingerprint density at radius 3 is 2.90 bits per heavy atom. The van der Waals surface area contributed by atoms with E-state index in [1.165, 1.54) is 31.9 Å². The zero-order valence-corrected chi connectivity index (χ0v) is 13.0. The smallest absolute Gasteiger partial charge is 0.119 e. The highest BCUT2D eigenvalue weighted by Crippen LogP contribution is 2.36. The Hall–Kier alpha value is -1.78. The van der Waals surface area contributed by atoms with Gasteiger partial charge in [-0.1, -0.05) is 0 Å². The number of benzene rings is 1. The number of aromatic amines is 1. The first-order valence-corrected chi connectivity index (χ1v) is 8.06. The molecule has 3 heterocycles. The van der Waals surface area contributed by atoms with Crippen molar-refractivity contribution in [3.05, 3.63) is 51.3 Å². The molecule has 0 saturated carbocycles. The van der Waals surface area contributed by atoms with E-state index >= 15 is 0 Å². The summed E-state index contributed by atoms with van der Waals surface area (Å²) in [5, 5.41) is 4.94. The van der Waals surface area contributed by atoms with Crippen LogP contribution in [0.1, 0.15) is 27.1 Å². The summed E-state index contributed by atoms with van der Waals surface area (Å²) in [7, 11) is 1.72. The van der Waals surface area contributed by atoms with Gasteiger partial charge in [-0.15, -0.1) is 11.3 Å². The van der Waals surface area contributed by atoms with Crippen LogP contribution in [-0.4, -0.2) is 18.6 Å². The predicted molar refractivity (Wildman–Crippen MR) is 87.5 cm³/mol. The van der Waals surface area contributed by atoms with Crippen LogP contribution in [0.2, 0.25) is 0 Å². The second-order valence-corrected chi connectivity index (χ2v) is 6.83. The SMILES string of the molecule is COc1ccc2[nH]c3c(c2c1)CCNC3c1ccc(C)s1. The van der Waals surface area contributed by atoms with Gasteiger partial charge in [0.15, 0.2) is 0 Å². The van der Waals surface area contributed by atoms with Crippen LogP contribution in [0, 0.1) is 6.92 Å². The lowest BCUT2D eigenvalue weighted by molar-refractivity contribution is 0.415. The summed E-state index contributed by atoms with van der Waals surface area (Å²) in [6.45, 7) is 3.17. The predicted octanol–water partition coefficient (Wildman–Crippen LogP) is 3.78. The van der Waals surface area contributed by atoms with Crippen LogP contribution in [0.4, 0.5) is 0 Å². The molecule has 4 rings (SSSR count). The topological polar surface area (TPSA) is 37.0 Å². The van der Waals surface area contributed by atoms with Gasteiger partial charge in [0, 0.05) is 32.9 Å². The summed E-state index contributed by atoms with van der Waals surface area (Å²) >= 11 is 1.87. The Bertz CT molecular complexity index is 802. The maximum Gasteiger partial charge on any atom is 0.119 e. The number of aryl methyl sites for hydroxylation is 1. The fraction of sp³-hybridized carbons (Fsp3) is 0.294. The summed E-state index contributed by atoms with van der Waals surface area (Å²) in [6.07, 6.45) is 1.06. The van der Waals surface area contributed by atoms with Crippen molar-refractivity contribution in [1.29, 1.82) is 0 Å². The average Bonchev–Trinajstić information content (AvgIpc) is 3.09. The van der Waals surface area contributed by atoms with Gasteiger partial charge in [-0.25, -0.2) is 0 Å². The van der Waals surface area contributed by atoms with Crippen molar-refractivity contribution in [2.45, 2.75) is 19.4 Å². The lowest BCUT2D eigenvalue weighted by Crippen LogP contribution is -2.29. The fourth-order valence-corrected chi connectivity index (χ4v) is 4.15. The van der Waals surface area contributed by atoms with Crippen LogP contribution in [-0.2, 0) is 6.42 Å². The standard InChI is InChI=1S/C17H18N2OS/c1-10-3-6-15(21-10)17-16-12(7-8-18-17)13-9-11(20-2)4-5-14(13)19-16/h3-6,9,17-19H,7-8H2,1-2H3. The molecule has 3 aromatic rings. The van der Waals surface area contributed by atoms with Gasteiger partial charge in [0.05, 0.1) is 13.2 Å². The number of rotatable bonds is 2. The summed E-state index contributed by atoms with van der Waals surface area (Å²) in [5.74, 6) is 0.923. The Balaban J connectivity index is 1.88. The molecule has 1 atom stereocenters. The van der Waals surface area contributed by atoms with Crippen LogP contribution in [0.15, 0.2) is 30.3 Å². The number of ether oxygens (including phenoxy) is 1. The molecule has 0 aliphatic carbocycles. The van der Waals surface area contributed by atoms with Gasteiger partial charge < -0.3 is 15.0 Å². The summed E-state index contributed by atoms with van der Waals surface area (Å²) in [5.41, 5.74) is 3.94. The van der Waals surface area contributed by atoms with E-state index < -0.39 is 0 Å². The number of nitrogens with one attached hydrogen (secondary N) is 2. The zero-order chi connectivity index (χ0) is 14.4. The van der Waals surface area contributed by atoms with Crippen molar-refractivity contribution in [1.82, 2.24) is 10.3 Å². The molecule has 0 bridgehead atoms. The molecule has 3 nitrogen and oxygen atoms in total. The molecule has 0 saturated heterocycles. The first-order valence-electron chi connectivity index (χ1n) is 7.24. The summed E-state index contributed by atoms with van der Waals surface area (Å²) in [4.78, 5) is 6.35. The van der Waals surface area contributed by atoms with E-state index in [9.17, 15) is 0 Å². The molecule has 0 spiro atoms. The van der Waals surface area contributed by atoms with Crippen molar-refractivity contribution >= 4 is 22.2 Å². The second-order valence-electron chi connectivity index (χ2n) is 5.51. The van der Waals surface area contributed by atoms with E-state index in [0.29, 0.717) is 0 Å². The first-order chi connectivity index (χ1) is 10.3. The molecule has 21 heavy (non-hydrogen) atoms. The highest BCUT2D eigenvalue weighted by Gasteiger charge is 2.26. The van der Waals surface area contributed by atoms with Gasteiger partial charge in [-0.3, -0.25) is 0 Å². The van der Waals surface area contributed by atoms with Gasteiger partial charge in [0.1, 0.15) is 5.75 Å². The minimum Gasteiger partial charge on any atom is -0.497 e. The second kappa shape index (κ2) is 4.90. The zero-order valence-electron chi connectivity index (χ0n) is 12.2. The van der Waals surface area contributed by atoms with E-state index in [-0.39, 0.29) is 6.04 Å². The molecule has 1 aliphatic heterocycles. The molecule has 1 unspecified atom stereocenters. The molecule has 2 aromatic heterocycles. The third-order valence-electron chi connectivity index (χ3n) is 4.20. The van der Waals surface area contributed by atoms with E-state index in [1.54, 1.807) is 7.11 Å². The van der Waals surface area contributed by atoms with Crippen LogP contribution >= 0.6 is 11.3 Å². The van der Waals surface area contributed by atoms with Crippen molar-refractivity contribution in [2.75, 3.05) is 13.7 Å². The molecule has 0 fully saturated rings. The summed E-state index contributed by atoms with van der Waals surface area (Å²) in [6, 6.07) is 11.0. The molecular weight excluding hydrogens is 280 g/mol. The van der Waals surface area contributed by atoms with Crippen LogP contribution < -0.4 is 10.1 Å². The maximum atomic E-state index is 5.37. The third-order valence-corrected chi connectivity index (χ3v) is 5.27. The van der Waals surface area contributed by atoms with Gasteiger partial charge >= 0.3 is 0 Å². The monoisotopic (exact) mass is 298 g/mol. The number of H-pyrrole nitrogens is 1. The van der Waals surface area contributed by atoms with E-state index in [1.807, 2.05) is 17.4 Å². The minimum atomic E-state index is 0.283. The fourth-order valence-electron chi connectivity index (χ4n) is 3.19. The van der Waals surface area contributed by atoms with E-state index in [0.717, 1.165) is 18.7 Å². The Kier molecular flexibility index (Phi) is 3.01. The van der Waals surface area contributed by atoms with Crippen LogP contribution in [0.25, 0.3) is 10.9 Å².